The van der Waals surface area contributed by atoms with E-state index in [1.807, 2.05) is 48.7 Å². The van der Waals surface area contributed by atoms with E-state index in [2.05, 4.69) is 27.2 Å². The number of nitrogens with zero attached hydrogens (tertiary/aromatic N) is 1. The minimum atomic E-state index is 0.327. The Kier molecular flexibility index (Phi) is 4.03. The molecule has 0 aliphatic rings. The molecule has 1 heterocycles. The van der Waals surface area contributed by atoms with Crippen molar-refractivity contribution in [2.45, 2.75) is 4.90 Å². The molecule has 0 aliphatic carbocycles. The molecule has 0 spiro atoms. The van der Waals surface area contributed by atoms with Gasteiger partial charge in [-0.3, -0.25) is 0 Å². The Bertz CT molecular complexity index is 785. The second-order valence-corrected chi connectivity index (χ2v) is 6.15. The molecular weight excluding hydrogens is 348 g/mol. The molecule has 0 aliphatic heterocycles. The van der Waals surface area contributed by atoms with Crippen molar-refractivity contribution in [2.24, 2.45) is 0 Å². The van der Waals surface area contributed by atoms with E-state index in [1.54, 1.807) is 11.8 Å². The van der Waals surface area contributed by atoms with Gasteiger partial charge in [0.05, 0.1) is 5.56 Å². The summed E-state index contributed by atoms with van der Waals surface area (Å²) in [5.41, 5.74) is 9.60. The summed E-state index contributed by atoms with van der Waals surface area (Å²) in [5, 5.41) is 4.18. The second kappa shape index (κ2) is 5.95. The standard InChI is InChI=1S/C16H13BrN2OS/c1-21-13-9-5-3-7-11(13)15-14(16(18)20-19-15)10-6-2-4-8-12(10)17/h2-9H,18H2,1H3. The first kappa shape index (κ1) is 14.2. The van der Waals surface area contributed by atoms with E-state index in [4.69, 9.17) is 10.3 Å². The maximum atomic E-state index is 6.01. The zero-order valence-corrected chi connectivity index (χ0v) is 13.7. The van der Waals surface area contributed by atoms with Gasteiger partial charge in [-0.25, -0.2) is 0 Å². The first-order valence-electron chi connectivity index (χ1n) is 6.36. The van der Waals surface area contributed by atoms with Gasteiger partial charge in [-0.2, -0.15) is 0 Å². The second-order valence-electron chi connectivity index (χ2n) is 4.45. The number of hydrogen-bond donors (Lipinski definition) is 1. The number of thioether (sulfide) groups is 1. The molecule has 21 heavy (non-hydrogen) atoms. The maximum absolute atomic E-state index is 6.01. The van der Waals surface area contributed by atoms with Crippen LogP contribution in [0, 0.1) is 0 Å². The highest BCUT2D eigenvalue weighted by Crippen LogP contribution is 2.41. The number of anilines is 1. The minimum absolute atomic E-state index is 0.327. The lowest BCUT2D eigenvalue weighted by Crippen LogP contribution is -1.90. The summed E-state index contributed by atoms with van der Waals surface area (Å²) in [6.07, 6.45) is 2.04. The molecule has 2 aromatic carbocycles. The molecule has 5 heteroatoms. The smallest absolute Gasteiger partial charge is 0.230 e. The third-order valence-corrected chi connectivity index (χ3v) is 4.71. The third kappa shape index (κ3) is 2.59. The molecular formula is C16H13BrN2OS. The van der Waals surface area contributed by atoms with Crippen molar-refractivity contribution >= 4 is 33.6 Å². The fourth-order valence-electron chi connectivity index (χ4n) is 2.25. The lowest BCUT2D eigenvalue weighted by Gasteiger charge is -2.08. The Morgan fingerprint density at radius 2 is 1.71 bits per heavy atom. The van der Waals surface area contributed by atoms with Crippen LogP contribution in [0.15, 0.2) is 62.4 Å². The van der Waals surface area contributed by atoms with Gasteiger partial charge in [-0.1, -0.05) is 57.5 Å². The summed E-state index contributed by atoms with van der Waals surface area (Å²) >= 11 is 5.24. The molecule has 0 saturated carbocycles. The van der Waals surface area contributed by atoms with Crippen LogP contribution < -0.4 is 5.73 Å². The zero-order chi connectivity index (χ0) is 14.8. The normalized spacial score (nSPS) is 10.8. The van der Waals surface area contributed by atoms with Crippen LogP contribution in [0.1, 0.15) is 0 Å². The fraction of sp³-hybridized carbons (Fsp3) is 0.0625. The number of rotatable bonds is 3. The third-order valence-electron chi connectivity index (χ3n) is 3.22. The van der Waals surface area contributed by atoms with Gasteiger partial charge in [0.1, 0.15) is 5.69 Å². The average Bonchev–Trinajstić information content (AvgIpc) is 2.89. The molecule has 2 N–H and O–H groups in total. The molecule has 0 unspecified atom stereocenters. The van der Waals surface area contributed by atoms with E-state index in [0.29, 0.717) is 5.88 Å². The van der Waals surface area contributed by atoms with Crippen LogP contribution in [-0.2, 0) is 0 Å². The largest absolute Gasteiger partial charge is 0.367 e. The molecule has 0 bridgehead atoms. The molecule has 3 nitrogen and oxygen atoms in total. The number of hydrogen-bond acceptors (Lipinski definition) is 4. The number of halogens is 1. The lowest BCUT2D eigenvalue weighted by atomic mass is 10.0. The van der Waals surface area contributed by atoms with Gasteiger partial charge in [0.2, 0.25) is 5.88 Å². The van der Waals surface area contributed by atoms with Crippen LogP contribution in [0.25, 0.3) is 22.4 Å². The van der Waals surface area contributed by atoms with Crippen LogP contribution in [0.5, 0.6) is 0 Å². The number of nitrogen functional groups attached to an aromatic ring is 1. The first-order chi connectivity index (χ1) is 10.2. The van der Waals surface area contributed by atoms with Crippen molar-refractivity contribution in [3.05, 3.63) is 53.0 Å². The van der Waals surface area contributed by atoms with E-state index in [0.717, 1.165) is 31.8 Å². The van der Waals surface area contributed by atoms with Gasteiger partial charge in [-0.05, 0) is 18.4 Å². The van der Waals surface area contributed by atoms with E-state index in [1.165, 1.54) is 0 Å². The summed E-state index contributed by atoms with van der Waals surface area (Å²) < 4.78 is 6.22. The Hall–Kier alpha value is -1.72. The van der Waals surface area contributed by atoms with Crippen molar-refractivity contribution < 1.29 is 4.52 Å². The predicted octanol–water partition coefficient (Wildman–Crippen LogP) is 5.08. The van der Waals surface area contributed by atoms with Gasteiger partial charge in [0.15, 0.2) is 0 Å². The highest BCUT2D eigenvalue weighted by molar-refractivity contribution is 9.10. The van der Waals surface area contributed by atoms with Crippen molar-refractivity contribution in [3.63, 3.8) is 0 Å². The summed E-state index contributed by atoms with van der Waals surface area (Å²) in [7, 11) is 0. The highest BCUT2D eigenvalue weighted by atomic mass is 79.9. The Morgan fingerprint density at radius 3 is 2.43 bits per heavy atom. The number of aromatic nitrogens is 1. The monoisotopic (exact) mass is 360 g/mol. The lowest BCUT2D eigenvalue weighted by molar-refractivity contribution is 0.439. The Morgan fingerprint density at radius 1 is 1.05 bits per heavy atom. The van der Waals surface area contributed by atoms with Crippen molar-refractivity contribution in [2.75, 3.05) is 12.0 Å². The summed E-state index contributed by atoms with van der Waals surface area (Å²) in [4.78, 5) is 1.14. The summed E-state index contributed by atoms with van der Waals surface area (Å²) in [5.74, 6) is 0.327. The van der Waals surface area contributed by atoms with Crippen molar-refractivity contribution in [1.29, 1.82) is 0 Å². The maximum Gasteiger partial charge on any atom is 0.230 e. The van der Waals surface area contributed by atoms with Gasteiger partial charge < -0.3 is 10.3 Å². The van der Waals surface area contributed by atoms with Crippen LogP contribution in [0.2, 0.25) is 0 Å². The molecule has 0 atom stereocenters. The average molecular weight is 361 g/mol. The predicted molar refractivity (Wildman–Crippen MR) is 91.3 cm³/mol. The molecule has 3 aromatic rings. The van der Waals surface area contributed by atoms with Gasteiger partial charge >= 0.3 is 0 Å². The quantitative estimate of drug-likeness (QED) is 0.662. The van der Waals surface area contributed by atoms with Gasteiger partial charge in [-0.15, -0.1) is 11.8 Å². The molecule has 1 aromatic heterocycles. The van der Waals surface area contributed by atoms with Crippen molar-refractivity contribution in [1.82, 2.24) is 5.16 Å². The molecule has 3 rings (SSSR count). The minimum Gasteiger partial charge on any atom is -0.367 e. The highest BCUT2D eigenvalue weighted by Gasteiger charge is 2.20. The van der Waals surface area contributed by atoms with Gasteiger partial charge in [0, 0.05) is 20.5 Å². The SMILES string of the molecule is CSc1ccccc1-c1noc(N)c1-c1ccccc1Br. The molecule has 106 valence electrons. The van der Waals surface area contributed by atoms with Crippen LogP contribution in [0.3, 0.4) is 0 Å². The first-order valence-corrected chi connectivity index (χ1v) is 8.37. The van der Waals surface area contributed by atoms with Crippen molar-refractivity contribution in [3.8, 4) is 22.4 Å². The molecule has 0 amide bonds. The van der Waals surface area contributed by atoms with E-state index >= 15 is 0 Å². The fourth-order valence-corrected chi connectivity index (χ4v) is 3.33. The van der Waals surface area contributed by atoms with E-state index in [-0.39, 0.29) is 0 Å². The Labute approximate surface area is 135 Å². The van der Waals surface area contributed by atoms with Crippen LogP contribution >= 0.6 is 27.7 Å². The number of nitrogens with two attached hydrogens (primary N) is 1. The number of benzene rings is 2. The molecule has 0 fully saturated rings. The van der Waals surface area contributed by atoms with Crippen LogP contribution in [-0.4, -0.2) is 11.4 Å². The van der Waals surface area contributed by atoms with E-state index in [9.17, 15) is 0 Å². The zero-order valence-electron chi connectivity index (χ0n) is 11.3. The van der Waals surface area contributed by atoms with E-state index < -0.39 is 0 Å². The summed E-state index contributed by atoms with van der Waals surface area (Å²) in [6.45, 7) is 0. The van der Waals surface area contributed by atoms with Gasteiger partial charge in [0.25, 0.3) is 0 Å². The topological polar surface area (TPSA) is 52.0 Å². The molecule has 0 radical (unpaired) electrons. The van der Waals surface area contributed by atoms with Crippen LogP contribution in [0.4, 0.5) is 5.88 Å². The summed E-state index contributed by atoms with van der Waals surface area (Å²) in [6, 6.07) is 16.0. The molecule has 0 saturated heterocycles. The Balaban J connectivity index is 2.25.